The molecule has 6 nitrogen and oxygen atoms in total. The molecule has 2 atom stereocenters. The average Bonchev–Trinajstić information content (AvgIpc) is 3.44. The lowest BCUT2D eigenvalue weighted by Crippen LogP contribution is -2.41. The van der Waals surface area contributed by atoms with Gasteiger partial charge in [0, 0.05) is 43.4 Å². The summed E-state index contributed by atoms with van der Waals surface area (Å²) in [4.78, 5) is 33.9. The first-order valence-electron chi connectivity index (χ1n) is 11.3. The highest BCUT2D eigenvalue weighted by Gasteiger charge is 2.44. The van der Waals surface area contributed by atoms with Crippen LogP contribution in [0.1, 0.15) is 22.3 Å². The van der Waals surface area contributed by atoms with E-state index in [2.05, 4.69) is 20.9 Å². The second-order valence-corrected chi connectivity index (χ2v) is 10.1. The van der Waals surface area contributed by atoms with E-state index in [-0.39, 0.29) is 36.0 Å². The Labute approximate surface area is 215 Å². The van der Waals surface area contributed by atoms with Crippen LogP contribution in [0.3, 0.4) is 0 Å². The van der Waals surface area contributed by atoms with Crippen LogP contribution in [-0.4, -0.2) is 52.3 Å². The summed E-state index contributed by atoms with van der Waals surface area (Å²) in [7, 11) is 0. The molecular formula is C26H22BrClFN3O3. The molecule has 1 aromatic heterocycles. The first-order valence-corrected chi connectivity index (χ1v) is 12.5. The number of carbonyl (C=O) groups is 2. The average molecular weight is 559 g/mol. The molecule has 0 N–H and O–H groups in total. The van der Waals surface area contributed by atoms with Gasteiger partial charge in [-0.3, -0.25) is 9.59 Å². The summed E-state index contributed by atoms with van der Waals surface area (Å²) in [5, 5.41) is 0.524. The summed E-state index contributed by atoms with van der Waals surface area (Å²) in [5.41, 5.74) is 1.20. The normalized spacial score (nSPS) is 19.1. The molecule has 3 aromatic rings. The quantitative estimate of drug-likeness (QED) is 0.424. The Balaban J connectivity index is 1.20. The monoisotopic (exact) mass is 557 g/mol. The van der Waals surface area contributed by atoms with Gasteiger partial charge in [0.15, 0.2) is 0 Å². The number of nitrogens with zero attached hydrogens (tertiary/aromatic N) is 3. The molecule has 2 amide bonds. The van der Waals surface area contributed by atoms with E-state index >= 15 is 0 Å². The van der Waals surface area contributed by atoms with Crippen molar-refractivity contribution in [2.75, 3.05) is 19.6 Å². The Bertz CT molecular complexity index is 1260. The van der Waals surface area contributed by atoms with Crippen molar-refractivity contribution in [1.29, 1.82) is 0 Å². The van der Waals surface area contributed by atoms with Crippen LogP contribution in [0.4, 0.5) is 4.39 Å². The standard InChI is InChI=1S/C26H22BrClFN3O3/c27-21-7-1-16(11-22(21)29)12-25(33)32-10-9-18-14-31(15-23(18)32)26(34)17-2-5-20(6-3-17)35-24-8-4-19(28)13-30-24/h1-8,11,13,18,23H,9-10,12,14-15H2/t18-,23+/m0/s1. The number of aromatic nitrogens is 1. The molecule has 0 radical (unpaired) electrons. The molecule has 2 aliphatic heterocycles. The van der Waals surface area contributed by atoms with E-state index in [1.807, 2.05) is 9.80 Å². The molecule has 5 rings (SSSR count). The molecule has 2 fully saturated rings. The molecule has 3 heterocycles. The van der Waals surface area contributed by atoms with Gasteiger partial charge in [-0.2, -0.15) is 0 Å². The van der Waals surface area contributed by atoms with Crippen LogP contribution in [0, 0.1) is 11.7 Å². The Morgan fingerprint density at radius 1 is 1.11 bits per heavy atom. The highest BCUT2D eigenvalue weighted by atomic mass is 79.9. The minimum absolute atomic E-state index is 0.00895. The molecule has 0 saturated carbocycles. The van der Waals surface area contributed by atoms with Crippen LogP contribution in [0.2, 0.25) is 5.02 Å². The summed E-state index contributed by atoms with van der Waals surface area (Å²) in [5.74, 6) is 0.743. The van der Waals surface area contributed by atoms with E-state index in [1.165, 1.54) is 12.3 Å². The topological polar surface area (TPSA) is 62.7 Å². The zero-order chi connectivity index (χ0) is 24.5. The maximum absolute atomic E-state index is 13.8. The number of benzene rings is 2. The van der Waals surface area contributed by atoms with Crippen molar-refractivity contribution in [2.45, 2.75) is 18.9 Å². The number of ether oxygens (including phenoxy) is 1. The van der Waals surface area contributed by atoms with Crippen LogP contribution in [0.25, 0.3) is 0 Å². The highest BCUT2D eigenvalue weighted by molar-refractivity contribution is 9.10. The van der Waals surface area contributed by atoms with Gasteiger partial charge in [-0.1, -0.05) is 17.7 Å². The molecule has 2 saturated heterocycles. The summed E-state index contributed by atoms with van der Waals surface area (Å²) < 4.78 is 19.9. The molecular weight excluding hydrogens is 537 g/mol. The number of halogens is 3. The van der Waals surface area contributed by atoms with Gasteiger partial charge in [0.2, 0.25) is 11.8 Å². The molecule has 180 valence electrons. The molecule has 0 bridgehead atoms. The summed E-state index contributed by atoms with van der Waals surface area (Å²) in [6, 6.07) is 15.0. The fourth-order valence-corrected chi connectivity index (χ4v) is 5.11. The molecule has 2 aliphatic rings. The van der Waals surface area contributed by atoms with E-state index in [0.717, 1.165) is 6.42 Å². The van der Waals surface area contributed by atoms with E-state index in [1.54, 1.807) is 48.5 Å². The van der Waals surface area contributed by atoms with E-state index in [0.29, 0.717) is 51.9 Å². The second-order valence-electron chi connectivity index (χ2n) is 8.78. The van der Waals surface area contributed by atoms with E-state index in [4.69, 9.17) is 16.3 Å². The number of hydrogen-bond donors (Lipinski definition) is 0. The minimum atomic E-state index is -0.381. The van der Waals surface area contributed by atoms with Crippen molar-refractivity contribution in [2.24, 2.45) is 5.92 Å². The summed E-state index contributed by atoms with van der Waals surface area (Å²) in [6.07, 6.45) is 2.51. The Morgan fingerprint density at radius 2 is 1.91 bits per heavy atom. The highest BCUT2D eigenvalue weighted by Crippen LogP contribution is 2.33. The van der Waals surface area contributed by atoms with Gasteiger partial charge < -0.3 is 14.5 Å². The Kier molecular flexibility index (Phi) is 6.75. The van der Waals surface area contributed by atoms with Crippen LogP contribution in [0.15, 0.2) is 65.3 Å². The third-order valence-corrected chi connectivity index (χ3v) is 7.39. The number of hydrogen-bond acceptors (Lipinski definition) is 4. The lowest BCUT2D eigenvalue weighted by molar-refractivity contribution is -0.131. The van der Waals surface area contributed by atoms with Crippen molar-refractivity contribution in [3.63, 3.8) is 0 Å². The lowest BCUT2D eigenvalue weighted by Gasteiger charge is -2.25. The second kappa shape index (κ2) is 9.95. The van der Waals surface area contributed by atoms with Gasteiger partial charge in [0.05, 0.1) is 22.0 Å². The van der Waals surface area contributed by atoms with Crippen LogP contribution >= 0.6 is 27.5 Å². The fraction of sp³-hybridized carbons (Fsp3) is 0.269. The maximum Gasteiger partial charge on any atom is 0.253 e. The number of likely N-dealkylation sites (tertiary alicyclic amines) is 2. The minimum Gasteiger partial charge on any atom is -0.439 e. The fourth-order valence-electron chi connectivity index (χ4n) is 4.75. The van der Waals surface area contributed by atoms with Crippen LogP contribution in [-0.2, 0) is 11.2 Å². The number of rotatable bonds is 5. The first kappa shape index (κ1) is 23.8. The number of amides is 2. The van der Waals surface area contributed by atoms with Gasteiger partial charge in [0.1, 0.15) is 11.6 Å². The van der Waals surface area contributed by atoms with Crippen molar-refractivity contribution < 1.29 is 18.7 Å². The number of pyridine rings is 1. The molecule has 0 unspecified atom stereocenters. The van der Waals surface area contributed by atoms with Crippen LogP contribution < -0.4 is 4.74 Å². The SMILES string of the molecule is O=C(c1ccc(Oc2ccc(Cl)cn2)cc1)N1C[C@@H]2CCN(C(=O)Cc3ccc(Br)c(F)c3)[C@@H]2C1. The van der Waals surface area contributed by atoms with Gasteiger partial charge >= 0.3 is 0 Å². The molecule has 9 heteroatoms. The number of carbonyl (C=O) groups excluding carboxylic acids is 2. The van der Waals surface area contributed by atoms with Gasteiger partial charge in [0.25, 0.3) is 5.91 Å². The molecule has 0 aliphatic carbocycles. The molecule has 35 heavy (non-hydrogen) atoms. The summed E-state index contributed by atoms with van der Waals surface area (Å²) in [6.45, 7) is 1.78. The summed E-state index contributed by atoms with van der Waals surface area (Å²) >= 11 is 8.98. The van der Waals surface area contributed by atoms with Crippen LogP contribution in [0.5, 0.6) is 11.6 Å². The predicted octanol–water partition coefficient (Wildman–Crippen LogP) is 5.34. The zero-order valence-corrected chi connectivity index (χ0v) is 21.0. The molecule has 0 spiro atoms. The Hall–Kier alpha value is -2.97. The Morgan fingerprint density at radius 3 is 2.63 bits per heavy atom. The lowest BCUT2D eigenvalue weighted by atomic mass is 10.0. The maximum atomic E-state index is 13.8. The molecule has 2 aromatic carbocycles. The van der Waals surface area contributed by atoms with Gasteiger partial charge in [-0.05, 0) is 70.4 Å². The van der Waals surface area contributed by atoms with Crippen molar-refractivity contribution in [3.05, 3.63) is 87.2 Å². The van der Waals surface area contributed by atoms with E-state index < -0.39 is 0 Å². The van der Waals surface area contributed by atoms with Gasteiger partial charge in [-0.15, -0.1) is 0 Å². The number of fused-ring (bicyclic) bond motifs is 1. The van der Waals surface area contributed by atoms with Gasteiger partial charge in [-0.25, -0.2) is 9.37 Å². The van der Waals surface area contributed by atoms with E-state index in [9.17, 15) is 14.0 Å². The van der Waals surface area contributed by atoms with Crippen molar-refractivity contribution in [3.8, 4) is 11.6 Å². The van der Waals surface area contributed by atoms with Crippen molar-refractivity contribution >= 4 is 39.3 Å². The van der Waals surface area contributed by atoms with Crippen molar-refractivity contribution in [1.82, 2.24) is 14.8 Å². The largest absolute Gasteiger partial charge is 0.439 e. The smallest absolute Gasteiger partial charge is 0.253 e. The third kappa shape index (κ3) is 5.18. The zero-order valence-electron chi connectivity index (χ0n) is 18.7. The first-order chi connectivity index (χ1) is 16.9. The predicted molar refractivity (Wildman–Crippen MR) is 133 cm³/mol. The third-order valence-electron chi connectivity index (χ3n) is 6.52.